The molecule has 4 heterocycles. The number of para-hydroxylation sites is 8. The van der Waals surface area contributed by atoms with Crippen LogP contribution in [0.15, 0.2) is 97.1 Å². The molecule has 4 aromatic carbocycles. The summed E-state index contributed by atoms with van der Waals surface area (Å²) < 4.78 is 59.1. The first-order valence-corrected chi connectivity index (χ1v) is 18.3. The number of hydrogen-bond donors (Lipinski definition) is 0. The molecule has 0 saturated carbocycles. The van der Waals surface area contributed by atoms with E-state index in [1.807, 2.05) is 93.6 Å². The van der Waals surface area contributed by atoms with Crippen LogP contribution >= 0.6 is 22.8 Å². The zero-order valence-electron chi connectivity index (χ0n) is 22.3. The van der Waals surface area contributed by atoms with Crippen LogP contribution in [0.5, 0.6) is 46.0 Å². The molecule has 0 saturated heterocycles. The first kappa shape index (κ1) is 25.0. The van der Waals surface area contributed by atoms with Gasteiger partial charge in [-0.15, -0.1) is 0 Å². The quantitative estimate of drug-likeness (QED) is 0.211. The molecule has 0 atom stereocenters. The van der Waals surface area contributed by atoms with Crippen LogP contribution in [0.3, 0.4) is 0 Å². The van der Waals surface area contributed by atoms with Crippen molar-refractivity contribution < 1.29 is 40.7 Å². The molecule has 4 aliphatic heterocycles. The molecule has 0 fully saturated rings. The molecule has 0 aromatic heterocycles. The summed E-state index contributed by atoms with van der Waals surface area (Å²) in [5.74, 6) is 3.77. The third-order valence-corrected chi connectivity index (χ3v) is 14.9. The summed E-state index contributed by atoms with van der Waals surface area (Å²) in [6.45, 7) is 5.95. The zero-order chi connectivity index (χ0) is 28.0. The molecular weight excluding hydrogens is 585 g/mol. The van der Waals surface area contributed by atoms with E-state index in [0.29, 0.717) is 59.4 Å². The van der Waals surface area contributed by atoms with Crippen LogP contribution < -0.4 is 36.2 Å². The SMILES string of the molecule is CC(C)(C)C(OP12(Oc3ccccc3O1)Oc1ccccc1O2)=PP12(Oc3ccccc3O1)Oc1ccccc1O2. The molecule has 0 radical (unpaired) electrons. The van der Waals surface area contributed by atoms with Gasteiger partial charge in [-0.25, -0.2) is 0 Å². The first-order valence-electron chi connectivity index (χ1n) is 13.0. The van der Waals surface area contributed by atoms with Crippen LogP contribution in [-0.2, 0) is 4.52 Å². The van der Waals surface area contributed by atoms with E-state index >= 15 is 0 Å². The monoisotopic (exact) mass is 610 g/mol. The molecule has 9 nitrogen and oxygen atoms in total. The molecular formula is C29H25O9P3. The van der Waals surface area contributed by atoms with Crippen LogP contribution in [0, 0.1) is 5.41 Å². The normalized spacial score (nSPS) is 22.5. The second-order valence-corrected chi connectivity index (χ2v) is 18.6. The summed E-state index contributed by atoms with van der Waals surface area (Å²) in [7, 11) is -9.04. The zero-order valence-corrected chi connectivity index (χ0v) is 24.9. The van der Waals surface area contributed by atoms with Gasteiger partial charge in [0.2, 0.25) is 0 Å². The van der Waals surface area contributed by atoms with Gasteiger partial charge in [0.05, 0.1) is 0 Å². The van der Waals surface area contributed by atoms with Crippen molar-refractivity contribution in [1.82, 2.24) is 0 Å². The Kier molecular flexibility index (Phi) is 4.86. The summed E-state index contributed by atoms with van der Waals surface area (Å²) in [4.78, 5) is 0. The van der Waals surface area contributed by atoms with Gasteiger partial charge in [0.25, 0.3) is 0 Å². The van der Waals surface area contributed by atoms with Gasteiger partial charge in [0.1, 0.15) is 0 Å². The third kappa shape index (κ3) is 3.77. The fourth-order valence-electron chi connectivity index (χ4n) is 4.68. The summed E-state index contributed by atoms with van der Waals surface area (Å²) in [6.07, 6.45) is 0. The minimum atomic E-state index is -4.86. The molecule has 210 valence electrons. The van der Waals surface area contributed by atoms with E-state index in [1.165, 1.54) is 0 Å². The van der Waals surface area contributed by atoms with Crippen molar-refractivity contribution in [3.05, 3.63) is 97.1 Å². The topological polar surface area (TPSA) is 83.1 Å². The summed E-state index contributed by atoms with van der Waals surface area (Å²) in [5.41, 5.74) is -0.263. The van der Waals surface area contributed by atoms with Crippen molar-refractivity contribution >= 4 is 28.3 Å². The minimum absolute atomic E-state index is 0.333. The molecule has 2 spiro atoms. The Morgan fingerprint density at radius 1 is 0.488 bits per heavy atom. The average molecular weight is 610 g/mol. The van der Waals surface area contributed by atoms with E-state index in [1.54, 1.807) is 24.3 Å². The third-order valence-electron chi connectivity index (χ3n) is 6.52. The summed E-state index contributed by atoms with van der Waals surface area (Å²) in [5, 5.41) is 0. The molecule has 41 heavy (non-hydrogen) atoms. The Hall–Kier alpha value is -3.73. The predicted octanol–water partition coefficient (Wildman–Crippen LogP) is 9.27. The van der Waals surface area contributed by atoms with Crippen LogP contribution in [0.1, 0.15) is 20.8 Å². The van der Waals surface area contributed by atoms with E-state index in [4.69, 9.17) is 40.7 Å². The van der Waals surface area contributed by atoms with E-state index < -0.39 is 20.4 Å². The molecule has 0 aliphatic carbocycles. The Morgan fingerprint density at radius 3 is 1.02 bits per heavy atom. The van der Waals surface area contributed by atoms with Crippen LogP contribution in [-0.4, -0.2) is 5.48 Å². The molecule has 0 unspecified atom stereocenters. The summed E-state index contributed by atoms with van der Waals surface area (Å²) >= 11 is 0. The van der Waals surface area contributed by atoms with Crippen LogP contribution in [0.25, 0.3) is 0 Å². The van der Waals surface area contributed by atoms with Crippen molar-refractivity contribution in [3.63, 3.8) is 0 Å². The van der Waals surface area contributed by atoms with Gasteiger partial charge in [-0.1, -0.05) is 0 Å². The second-order valence-electron chi connectivity index (χ2n) is 10.8. The van der Waals surface area contributed by atoms with Crippen molar-refractivity contribution in [2.45, 2.75) is 20.8 Å². The van der Waals surface area contributed by atoms with E-state index in [2.05, 4.69) is 0 Å². The van der Waals surface area contributed by atoms with Gasteiger partial charge in [-0.05, 0) is 0 Å². The van der Waals surface area contributed by atoms with Crippen LogP contribution in [0.2, 0.25) is 0 Å². The van der Waals surface area contributed by atoms with Crippen molar-refractivity contribution in [1.29, 1.82) is 0 Å². The Bertz CT molecular complexity index is 1560. The average Bonchev–Trinajstić information content (AvgIpc) is 3.63. The maximum atomic E-state index is 6.88. The fourth-order valence-corrected chi connectivity index (χ4v) is 14.6. The molecule has 12 heteroatoms. The molecule has 4 aromatic rings. The van der Waals surface area contributed by atoms with Crippen molar-refractivity contribution in [2.75, 3.05) is 0 Å². The molecule has 8 rings (SSSR count). The van der Waals surface area contributed by atoms with Gasteiger partial charge in [-0.2, -0.15) is 0 Å². The Labute approximate surface area is 238 Å². The molecule has 0 amide bonds. The number of hydrogen-bond acceptors (Lipinski definition) is 9. The molecule has 0 N–H and O–H groups in total. The standard InChI is InChI=1S/C29H25O9P3/c1-29(2,3)28(38-40(30-20-12-4-5-13-21(20)31-40)32-22-14-6-7-15-23(22)33-40)39-41(34-24-16-8-9-17-25(24)35-41)36-26-18-10-11-19-27(26)37-41/h4-19H,1-3H3. The second kappa shape index (κ2) is 7.96. The molecule has 0 bridgehead atoms. The maximum absolute atomic E-state index is 6.88. The van der Waals surface area contributed by atoms with Crippen molar-refractivity contribution in [2.24, 2.45) is 5.41 Å². The van der Waals surface area contributed by atoms with E-state index in [0.717, 1.165) is 0 Å². The Morgan fingerprint density at radius 2 is 0.756 bits per heavy atom. The van der Waals surface area contributed by atoms with Crippen LogP contribution in [0.4, 0.5) is 0 Å². The predicted molar refractivity (Wildman–Crippen MR) is 157 cm³/mol. The Balaban J connectivity index is 1.30. The molecule has 4 aliphatic rings. The van der Waals surface area contributed by atoms with Gasteiger partial charge < -0.3 is 0 Å². The number of benzene rings is 4. The summed E-state index contributed by atoms with van der Waals surface area (Å²) in [6, 6.07) is 29.2. The fraction of sp³-hybridized carbons (Fsp3) is 0.138. The van der Waals surface area contributed by atoms with Gasteiger partial charge >= 0.3 is 238 Å². The van der Waals surface area contributed by atoms with E-state index in [9.17, 15) is 0 Å². The van der Waals surface area contributed by atoms with Gasteiger partial charge in [0.15, 0.2) is 0 Å². The van der Waals surface area contributed by atoms with Gasteiger partial charge in [-0.3, -0.25) is 0 Å². The number of rotatable bonds is 3. The number of fused-ring (bicyclic) bond motifs is 4. The van der Waals surface area contributed by atoms with Gasteiger partial charge in [0, 0.05) is 0 Å². The van der Waals surface area contributed by atoms with E-state index in [-0.39, 0.29) is 0 Å². The van der Waals surface area contributed by atoms with Crippen molar-refractivity contribution in [3.8, 4) is 46.0 Å². The first-order chi connectivity index (χ1) is 19.6.